The quantitative estimate of drug-likeness (QED) is 0.661. The number of benzene rings is 1. The van der Waals surface area contributed by atoms with Crippen LogP contribution in [0.15, 0.2) is 57.0 Å². The van der Waals surface area contributed by atoms with Gasteiger partial charge in [0, 0.05) is 17.1 Å². The second-order valence-electron chi connectivity index (χ2n) is 5.06. The fourth-order valence-corrected chi connectivity index (χ4v) is 2.63. The number of rotatable bonds is 4. The van der Waals surface area contributed by atoms with E-state index in [1.165, 1.54) is 4.68 Å². The normalized spacial score (nSPS) is 11.4. The molecule has 0 atom stereocenters. The SMILES string of the molecule is CCCc1nc2ccc(Br)cc2c(=O)n1N=Cc1ccccn1. The third-order valence-electron chi connectivity index (χ3n) is 3.34. The molecule has 0 aliphatic heterocycles. The summed E-state index contributed by atoms with van der Waals surface area (Å²) >= 11 is 3.39. The summed E-state index contributed by atoms with van der Waals surface area (Å²) in [6.07, 6.45) is 4.83. The van der Waals surface area contributed by atoms with Gasteiger partial charge in [-0.15, -0.1) is 0 Å². The van der Waals surface area contributed by atoms with Gasteiger partial charge in [0.05, 0.1) is 22.8 Å². The predicted octanol–water partition coefficient (Wildman–Crippen LogP) is 3.39. The Bertz CT molecular complexity index is 919. The molecule has 3 rings (SSSR count). The van der Waals surface area contributed by atoms with Crippen LogP contribution >= 0.6 is 15.9 Å². The van der Waals surface area contributed by atoms with Gasteiger partial charge in [-0.3, -0.25) is 9.78 Å². The van der Waals surface area contributed by atoms with Crippen LogP contribution < -0.4 is 5.56 Å². The first-order chi connectivity index (χ1) is 11.2. The van der Waals surface area contributed by atoms with Crippen molar-refractivity contribution >= 4 is 33.0 Å². The minimum Gasteiger partial charge on any atom is -0.267 e. The van der Waals surface area contributed by atoms with Crippen molar-refractivity contribution in [2.24, 2.45) is 5.10 Å². The molecule has 0 bridgehead atoms. The molecule has 0 N–H and O–H groups in total. The average Bonchev–Trinajstić information content (AvgIpc) is 2.56. The van der Waals surface area contributed by atoms with E-state index >= 15 is 0 Å². The van der Waals surface area contributed by atoms with E-state index in [0.29, 0.717) is 28.8 Å². The summed E-state index contributed by atoms with van der Waals surface area (Å²) < 4.78 is 2.21. The van der Waals surface area contributed by atoms with Gasteiger partial charge in [0.25, 0.3) is 5.56 Å². The van der Waals surface area contributed by atoms with E-state index in [9.17, 15) is 4.79 Å². The molecule has 2 aromatic heterocycles. The van der Waals surface area contributed by atoms with Crippen LogP contribution in [0.2, 0.25) is 0 Å². The fourth-order valence-electron chi connectivity index (χ4n) is 2.27. The zero-order valence-corrected chi connectivity index (χ0v) is 14.2. The van der Waals surface area contributed by atoms with Crippen LogP contribution in [0.1, 0.15) is 24.9 Å². The van der Waals surface area contributed by atoms with Gasteiger partial charge >= 0.3 is 0 Å². The van der Waals surface area contributed by atoms with Crippen LogP contribution in [0.4, 0.5) is 0 Å². The first-order valence-electron chi connectivity index (χ1n) is 7.35. The van der Waals surface area contributed by atoms with Crippen molar-refractivity contribution in [3.05, 3.63) is 68.9 Å². The number of halogens is 1. The molecule has 0 amide bonds. The molecule has 5 nitrogen and oxygen atoms in total. The van der Waals surface area contributed by atoms with Crippen molar-refractivity contribution in [2.75, 3.05) is 0 Å². The summed E-state index contributed by atoms with van der Waals surface area (Å²) in [5.41, 5.74) is 1.20. The van der Waals surface area contributed by atoms with Crippen LogP contribution in [-0.4, -0.2) is 20.9 Å². The van der Waals surface area contributed by atoms with Crippen LogP contribution in [0.5, 0.6) is 0 Å². The lowest BCUT2D eigenvalue weighted by Gasteiger charge is -2.08. The van der Waals surface area contributed by atoms with E-state index in [2.05, 4.69) is 31.0 Å². The number of nitrogens with zero attached hydrogens (tertiary/aromatic N) is 4. The summed E-state index contributed by atoms with van der Waals surface area (Å²) in [6, 6.07) is 11.0. The predicted molar refractivity (Wildman–Crippen MR) is 94.9 cm³/mol. The van der Waals surface area contributed by atoms with Gasteiger partial charge in [0.2, 0.25) is 0 Å². The molecule has 1 aromatic carbocycles. The van der Waals surface area contributed by atoms with E-state index in [1.807, 2.05) is 37.3 Å². The molecule has 0 fully saturated rings. The average molecular weight is 371 g/mol. The molecular weight excluding hydrogens is 356 g/mol. The topological polar surface area (TPSA) is 60.1 Å². The van der Waals surface area contributed by atoms with Crippen molar-refractivity contribution in [1.29, 1.82) is 0 Å². The Labute approximate surface area is 141 Å². The Morgan fingerprint density at radius 2 is 2.17 bits per heavy atom. The molecule has 116 valence electrons. The van der Waals surface area contributed by atoms with Gasteiger partial charge in [-0.25, -0.2) is 4.98 Å². The van der Waals surface area contributed by atoms with E-state index in [-0.39, 0.29) is 5.56 Å². The Hall–Kier alpha value is -2.34. The summed E-state index contributed by atoms with van der Waals surface area (Å²) in [7, 11) is 0. The molecule has 0 spiro atoms. The first kappa shape index (κ1) is 15.6. The number of aryl methyl sites for hydroxylation is 1. The van der Waals surface area contributed by atoms with Gasteiger partial charge in [-0.1, -0.05) is 28.9 Å². The summed E-state index contributed by atoms with van der Waals surface area (Å²) in [4.78, 5) is 21.5. The zero-order chi connectivity index (χ0) is 16.2. The van der Waals surface area contributed by atoms with E-state index < -0.39 is 0 Å². The minimum absolute atomic E-state index is 0.174. The lowest BCUT2D eigenvalue weighted by molar-refractivity contribution is 0.703. The standard InChI is InChI=1S/C17H15BrN4O/c1-2-5-16-21-15-8-7-12(18)10-14(15)17(23)22(16)20-11-13-6-3-4-9-19-13/h3-4,6-11H,2,5H2,1H3. The lowest BCUT2D eigenvalue weighted by atomic mass is 10.2. The largest absolute Gasteiger partial charge is 0.282 e. The Balaban J connectivity index is 2.17. The van der Waals surface area contributed by atoms with E-state index in [1.54, 1.807) is 18.5 Å². The molecule has 0 saturated heterocycles. The highest BCUT2D eigenvalue weighted by Crippen LogP contribution is 2.16. The highest BCUT2D eigenvalue weighted by molar-refractivity contribution is 9.10. The molecule has 2 heterocycles. The van der Waals surface area contributed by atoms with Gasteiger partial charge in [0.15, 0.2) is 0 Å². The Kier molecular flexibility index (Phi) is 4.62. The summed E-state index contributed by atoms with van der Waals surface area (Å²) in [5.74, 6) is 0.652. The third kappa shape index (κ3) is 3.37. The van der Waals surface area contributed by atoms with Gasteiger partial charge in [-0.2, -0.15) is 9.78 Å². The molecule has 0 aliphatic rings. The van der Waals surface area contributed by atoms with Crippen molar-refractivity contribution in [1.82, 2.24) is 14.6 Å². The van der Waals surface area contributed by atoms with Crippen LogP contribution in [0.25, 0.3) is 10.9 Å². The number of pyridine rings is 1. The summed E-state index contributed by atoms with van der Waals surface area (Å²) in [6.45, 7) is 2.05. The van der Waals surface area contributed by atoms with Crippen LogP contribution in [0.3, 0.4) is 0 Å². The van der Waals surface area contributed by atoms with Crippen molar-refractivity contribution in [3.63, 3.8) is 0 Å². The molecule has 3 aromatic rings. The smallest absolute Gasteiger partial charge is 0.267 e. The zero-order valence-electron chi connectivity index (χ0n) is 12.6. The van der Waals surface area contributed by atoms with Gasteiger partial charge < -0.3 is 0 Å². The number of hydrogen-bond acceptors (Lipinski definition) is 4. The molecular formula is C17H15BrN4O. The van der Waals surface area contributed by atoms with Crippen LogP contribution in [-0.2, 0) is 6.42 Å². The van der Waals surface area contributed by atoms with E-state index in [0.717, 1.165) is 10.9 Å². The Morgan fingerprint density at radius 1 is 1.30 bits per heavy atom. The van der Waals surface area contributed by atoms with Crippen molar-refractivity contribution in [3.8, 4) is 0 Å². The van der Waals surface area contributed by atoms with Gasteiger partial charge in [-0.05, 0) is 36.8 Å². The molecule has 0 aliphatic carbocycles. The van der Waals surface area contributed by atoms with Crippen molar-refractivity contribution in [2.45, 2.75) is 19.8 Å². The van der Waals surface area contributed by atoms with E-state index in [4.69, 9.17) is 0 Å². The molecule has 0 saturated carbocycles. The maximum Gasteiger partial charge on any atom is 0.282 e. The second kappa shape index (κ2) is 6.83. The molecule has 6 heteroatoms. The molecule has 0 unspecified atom stereocenters. The molecule has 23 heavy (non-hydrogen) atoms. The fraction of sp³-hybridized carbons (Fsp3) is 0.176. The number of hydrogen-bond donors (Lipinski definition) is 0. The first-order valence-corrected chi connectivity index (χ1v) is 8.15. The lowest BCUT2D eigenvalue weighted by Crippen LogP contribution is -2.22. The highest BCUT2D eigenvalue weighted by atomic mass is 79.9. The maximum atomic E-state index is 12.8. The molecule has 0 radical (unpaired) electrons. The second-order valence-corrected chi connectivity index (χ2v) is 5.97. The third-order valence-corrected chi connectivity index (χ3v) is 3.84. The van der Waals surface area contributed by atoms with Crippen LogP contribution in [0, 0.1) is 0 Å². The maximum absolute atomic E-state index is 12.8. The van der Waals surface area contributed by atoms with Crippen molar-refractivity contribution < 1.29 is 0 Å². The highest BCUT2D eigenvalue weighted by Gasteiger charge is 2.10. The number of fused-ring (bicyclic) bond motifs is 1. The number of aromatic nitrogens is 3. The van der Waals surface area contributed by atoms with Gasteiger partial charge in [0.1, 0.15) is 5.82 Å². The minimum atomic E-state index is -0.174. The Morgan fingerprint density at radius 3 is 2.91 bits per heavy atom. The summed E-state index contributed by atoms with van der Waals surface area (Å²) in [5, 5.41) is 4.85. The monoisotopic (exact) mass is 370 g/mol.